The molecule has 0 fully saturated rings. The van der Waals surface area contributed by atoms with Crippen molar-refractivity contribution in [3.05, 3.63) is 82.4 Å². The smallest absolute Gasteiger partial charge is 0.0609 e. The lowest BCUT2D eigenvalue weighted by Crippen LogP contribution is -2.18. The fourth-order valence-corrected chi connectivity index (χ4v) is 3.60. The zero-order valence-electron chi connectivity index (χ0n) is 14.0. The van der Waals surface area contributed by atoms with Gasteiger partial charge in [0.15, 0.2) is 0 Å². The van der Waals surface area contributed by atoms with Gasteiger partial charge in [-0.2, -0.15) is 0 Å². The van der Waals surface area contributed by atoms with E-state index in [1.807, 2.05) is 24.3 Å². The van der Waals surface area contributed by atoms with E-state index in [0.29, 0.717) is 6.42 Å². The average Bonchev–Trinajstić information content (AvgIpc) is 2.60. The Hall–Kier alpha value is -1.83. The lowest BCUT2D eigenvalue weighted by Gasteiger charge is -2.24. The number of aliphatic hydroxyl groups is 1. The van der Waals surface area contributed by atoms with Crippen LogP contribution < -0.4 is 0 Å². The van der Waals surface area contributed by atoms with Crippen LogP contribution in [0.25, 0.3) is 11.6 Å². The number of rotatable bonds is 5. The number of fused-ring (bicyclic) bond motifs is 1. The van der Waals surface area contributed by atoms with Crippen LogP contribution in [-0.4, -0.2) is 11.2 Å². The molecule has 0 aromatic heterocycles. The fraction of sp³-hybridized carbons (Fsp3) is 0.273. The first-order valence-corrected chi connectivity index (χ1v) is 8.85. The molecule has 1 unspecified atom stereocenters. The van der Waals surface area contributed by atoms with Crippen LogP contribution in [0.5, 0.6) is 0 Å². The monoisotopic (exact) mass is 338 g/mol. The molecule has 1 aliphatic carbocycles. The maximum absolute atomic E-state index is 10.7. The van der Waals surface area contributed by atoms with Crippen molar-refractivity contribution in [1.82, 2.24) is 0 Å². The van der Waals surface area contributed by atoms with Gasteiger partial charge in [0.1, 0.15) is 0 Å². The molecule has 2 aromatic carbocycles. The molecule has 2 heteroatoms. The maximum atomic E-state index is 10.7. The van der Waals surface area contributed by atoms with E-state index in [9.17, 15) is 5.11 Å². The van der Waals surface area contributed by atoms with Crippen molar-refractivity contribution in [2.24, 2.45) is 0 Å². The highest BCUT2D eigenvalue weighted by molar-refractivity contribution is 6.31. The normalized spacial score (nSPS) is 15.9. The molecule has 0 amide bonds. The third-order valence-electron chi connectivity index (χ3n) is 4.90. The molecule has 0 aliphatic heterocycles. The highest BCUT2D eigenvalue weighted by Crippen LogP contribution is 2.35. The van der Waals surface area contributed by atoms with Crippen molar-refractivity contribution in [2.75, 3.05) is 0 Å². The number of hydrogen-bond donors (Lipinski definition) is 1. The molecule has 0 bridgehead atoms. The number of halogens is 1. The van der Waals surface area contributed by atoms with Gasteiger partial charge < -0.3 is 5.11 Å². The number of aryl methyl sites for hydroxylation is 1. The number of allylic oxidation sites excluding steroid dienone is 2. The minimum atomic E-state index is -0.406. The summed E-state index contributed by atoms with van der Waals surface area (Å²) in [6.07, 6.45) is 6.28. The van der Waals surface area contributed by atoms with Gasteiger partial charge in [0.05, 0.1) is 6.10 Å². The van der Waals surface area contributed by atoms with Crippen molar-refractivity contribution in [2.45, 2.75) is 38.2 Å². The largest absolute Gasteiger partial charge is 0.392 e. The molecule has 0 saturated carbocycles. The molecule has 1 aliphatic rings. The van der Waals surface area contributed by atoms with Crippen LogP contribution in [0.15, 0.2) is 55.1 Å². The molecule has 0 saturated heterocycles. The second-order valence-corrected chi connectivity index (χ2v) is 6.91. The van der Waals surface area contributed by atoms with Crippen molar-refractivity contribution >= 4 is 23.3 Å². The van der Waals surface area contributed by atoms with Crippen LogP contribution in [-0.2, 0) is 6.42 Å². The Kier molecular flexibility index (Phi) is 5.23. The Morgan fingerprint density at radius 3 is 2.75 bits per heavy atom. The summed E-state index contributed by atoms with van der Waals surface area (Å²) >= 11 is 6.21. The molecule has 0 radical (unpaired) electrons. The Bertz CT molecular complexity index is 775. The van der Waals surface area contributed by atoms with Gasteiger partial charge in [0.25, 0.3) is 0 Å². The molecular formula is C22H23ClO. The second-order valence-electron chi connectivity index (χ2n) is 6.50. The van der Waals surface area contributed by atoms with E-state index < -0.39 is 6.10 Å². The average molecular weight is 339 g/mol. The number of hydrogen-bond acceptors (Lipinski definition) is 1. The summed E-state index contributed by atoms with van der Waals surface area (Å²) < 4.78 is 0. The van der Waals surface area contributed by atoms with Gasteiger partial charge in [-0.25, -0.2) is 0 Å². The van der Waals surface area contributed by atoms with E-state index in [1.165, 1.54) is 16.7 Å². The Balaban J connectivity index is 1.76. The van der Waals surface area contributed by atoms with Gasteiger partial charge in [-0.1, -0.05) is 73.7 Å². The lowest BCUT2D eigenvalue weighted by molar-refractivity contribution is 0.140. The maximum Gasteiger partial charge on any atom is 0.0609 e. The van der Waals surface area contributed by atoms with E-state index >= 15 is 0 Å². The number of aliphatic hydroxyl groups excluding tert-OH is 1. The molecule has 24 heavy (non-hydrogen) atoms. The summed E-state index contributed by atoms with van der Waals surface area (Å²) in [6.45, 7) is 6.25. The minimum absolute atomic E-state index is 0.0676. The van der Waals surface area contributed by atoms with Gasteiger partial charge in [-0.15, -0.1) is 0 Å². The quantitative estimate of drug-likeness (QED) is 0.723. The number of benzene rings is 2. The summed E-state index contributed by atoms with van der Waals surface area (Å²) in [5.41, 5.74) is 5.84. The van der Waals surface area contributed by atoms with E-state index in [1.54, 1.807) is 0 Å². The highest BCUT2D eigenvalue weighted by atomic mass is 35.5. The molecule has 2 aromatic rings. The van der Waals surface area contributed by atoms with Gasteiger partial charge in [0, 0.05) is 10.9 Å². The van der Waals surface area contributed by atoms with Crippen LogP contribution in [0.3, 0.4) is 0 Å². The summed E-state index contributed by atoms with van der Waals surface area (Å²) in [5.74, 6) is 0.0676. The second kappa shape index (κ2) is 7.38. The highest BCUT2D eigenvalue weighted by Gasteiger charge is 2.21. The van der Waals surface area contributed by atoms with Crippen LogP contribution in [0, 0.1) is 0 Å². The summed E-state index contributed by atoms with van der Waals surface area (Å²) in [4.78, 5) is 0. The standard InChI is InChI=1S/C22H23ClO/c1-15-7-5-11-20-18(15)9-6-10-19(20)16(2)22(24)14-13-17-8-3-4-12-21(17)23/h3-6,8-12,16,22,24H,1,7,13-14H2,2H3/t16-,22?/m0/s1. The Morgan fingerprint density at radius 2 is 1.96 bits per heavy atom. The molecule has 3 rings (SSSR count). The summed E-state index contributed by atoms with van der Waals surface area (Å²) in [6, 6.07) is 14.1. The summed E-state index contributed by atoms with van der Waals surface area (Å²) in [5, 5.41) is 11.5. The van der Waals surface area contributed by atoms with Crippen LogP contribution in [0.2, 0.25) is 5.02 Å². The van der Waals surface area contributed by atoms with Gasteiger partial charge in [-0.05, 0) is 53.2 Å². The third-order valence-corrected chi connectivity index (χ3v) is 5.27. The van der Waals surface area contributed by atoms with Crippen molar-refractivity contribution in [3.63, 3.8) is 0 Å². The zero-order valence-corrected chi connectivity index (χ0v) is 14.8. The van der Waals surface area contributed by atoms with E-state index in [2.05, 4.69) is 43.9 Å². The fourth-order valence-electron chi connectivity index (χ4n) is 3.37. The predicted octanol–water partition coefficient (Wildman–Crippen LogP) is 5.87. The molecule has 1 nitrogen and oxygen atoms in total. The molecule has 1 N–H and O–H groups in total. The van der Waals surface area contributed by atoms with Crippen LogP contribution >= 0.6 is 11.6 Å². The predicted molar refractivity (Wildman–Crippen MR) is 103 cm³/mol. The minimum Gasteiger partial charge on any atom is -0.392 e. The van der Waals surface area contributed by atoms with Gasteiger partial charge in [-0.3, -0.25) is 0 Å². The third kappa shape index (κ3) is 3.48. The summed E-state index contributed by atoms with van der Waals surface area (Å²) in [7, 11) is 0. The first-order chi connectivity index (χ1) is 11.6. The molecule has 2 atom stereocenters. The zero-order chi connectivity index (χ0) is 17.1. The molecule has 124 valence electrons. The molecule has 0 spiro atoms. The van der Waals surface area contributed by atoms with E-state index in [4.69, 9.17) is 11.6 Å². The van der Waals surface area contributed by atoms with Crippen LogP contribution in [0.1, 0.15) is 47.9 Å². The van der Waals surface area contributed by atoms with Crippen molar-refractivity contribution < 1.29 is 5.11 Å². The van der Waals surface area contributed by atoms with E-state index in [-0.39, 0.29) is 5.92 Å². The van der Waals surface area contributed by atoms with Gasteiger partial charge >= 0.3 is 0 Å². The van der Waals surface area contributed by atoms with Crippen molar-refractivity contribution in [3.8, 4) is 0 Å². The van der Waals surface area contributed by atoms with Crippen molar-refractivity contribution in [1.29, 1.82) is 0 Å². The molecule has 0 heterocycles. The topological polar surface area (TPSA) is 20.2 Å². The Labute approximate surface area is 149 Å². The first-order valence-electron chi connectivity index (χ1n) is 8.47. The Morgan fingerprint density at radius 1 is 1.17 bits per heavy atom. The van der Waals surface area contributed by atoms with Gasteiger partial charge in [0.2, 0.25) is 0 Å². The SMILES string of the molecule is C=C1CC=Cc2c1cccc2[C@H](C)C(O)CCc1ccccc1Cl. The van der Waals surface area contributed by atoms with Crippen LogP contribution in [0.4, 0.5) is 0 Å². The van der Waals surface area contributed by atoms with E-state index in [0.717, 1.165) is 29.0 Å². The molecular weight excluding hydrogens is 316 g/mol. The lowest BCUT2D eigenvalue weighted by atomic mass is 9.83. The first kappa shape index (κ1) is 17.0.